The molecular formula is C28H31ClN2O4S. The largest absolute Gasteiger partial charge is 0.497 e. The molecule has 0 aliphatic heterocycles. The molecule has 190 valence electrons. The molecule has 3 aromatic carbocycles. The summed E-state index contributed by atoms with van der Waals surface area (Å²) in [5.74, 6) is 0.159. The Hall–Kier alpha value is -3.03. The molecule has 3 aromatic rings. The van der Waals surface area contributed by atoms with E-state index in [0.717, 1.165) is 22.7 Å². The molecule has 0 fully saturated rings. The maximum Gasteiger partial charge on any atom is 0.264 e. The van der Waals surface area contributed by atoms with Gasteiger partial charge in [0, 0.05) is 5.02 Å². The summed E-state index contributed by atoms with van der Waals surface area (Å²) in [6.07, 6.45) is 5.23. The lowest BCUT2D eigenvalue weighted by Gasteiger charge is -2.26. The van der Waals surface area contributed by atoms with E-state index < -0.39 is 10.0 Å². The number of anilines is 1. The summed E-state index contributed by atoms with van der Waals surface area (Å²) in [5.41, 5.74) is 4.12. The van der Waals surface area contributed by atoms with E-state index >= 15 is 0 Å². The minimum absolute atomic E-state index is 0.0628. The molecule has 0 heterocycles. The highest BCUT2D eigenvalue weighted by atomic mass is 35.5. The molecule has 4 rings (SSSR count). The standard InChI is InChI=1S/C28H31ClN2O4S/c1-3-27(22-9-8-20-6-4-5-7-21(20)18-22)30-28(32)19-31(24-12-10-23(29)11-13-24)36(33,34)26-16-14-25(35-2)15-17-26/h8-18,27H,3-7,19H2,1-2H3,(H,30,32)/t27-/m1/s1. The highest BCUT2D eigenvalue weighted by Gasteiger charge is 2.28. The van der Waals surface area contributed by atoms with Gasteiger partial charge in [-0.2, -0.15) is 0 Å². The molecule has 1 amide bonds. The summed E-state index contributed by atoms with van der Waals surface area (Å²) in [4.78, 5) is 13.3. The zero-order valence-corrected chi connectivity index (χ0v) is 22.1. The first kappa shape index (κ1) is 26.0. The number of carbonyl (C=O) groups is 1. The Labute approximate surface area is 218 Å². The van der Waals surface area contributed by atoms with Gasteiger partial charge in [-0.05, 0) is 97.3 Å². The molecule has 0 saturated heterocycles. The number of sulfonamides is 1. The summed E-state index contributed by atoms with van der Waals surface area (Å²) >= 11 is 6.03. The normalized spacial score (nSPS) is 14.0. The Balaban J connectivity index is 1.59. The number of ether oxygens (including phenoxy) is 1. The molecule has 0 saturated carbocycles. The van der Waals surface area contributed by atoms with Gasteiger partial charge in [0.2, 0.25) is 5.91 Å². The van der Waals surface area contributed by atoms with Crippen LogP contribution in [0.4, 0.5) is 5.69 Å². The van der Waals surface area contributed by atoms with Crippen LogP contribution < -0.4 is 14.4 Å². The molecule has 0 spiro atoms. The van der Waals surface area contributed by atoms with Crippen molar-refractivity contribution in [3.63, 3.8) is 0 Å². The summed E-state index contributed by atoms with van der Waals surface area (Å²) in [5, 5.41) is 3.53. The Bertz CT molecular complexity index is 1310. The highest BCUT2D eigenvalue weighted by Crippen LogP contribution is 2.28. The van der Waals surface area contributed by atoms with Gasteiger partial charge in [0.25, 0.3) is 10.0 Å². The van der Waals surface area contributed by atoms with Gasteiger partial charge in [0.1, 0.15) is 12.3 Å². The molecule has 0 bridgehead atoms. The number of hydrogen-bond acceptors (Lipinski definition) is 4. The van der Waals surface area contributed by atoms with Crippen molar-refractivity contribution in [3.05, 3.63) is 88.4 Å². The zero-order chi connectivity index (χ0) is 25.7. The first-order valence-electron chi connectivity index (χ1n) is 12.1. The number of methoxy groups -OCH3 is 1. The average Bonchev–Trinajstić information content (AvgIpc) is 2.90. The summed E-state index contributed by atoms with van der Waals surface area (Å²) in [6.45, 7) is 1.65. The molecule has 1 aliphatic rings. The fourth-order valence-electron chi connectivity index (χ4n) is 4.56. The number of nitrogens with one attached hydrogen (secondary N) is 1. The van der Waals surface area contributed by atoms with Crippen LogP contribution >= 0.6 is 11.6 Å². The van der Waals surface area contributed by atoms with E-state index in [1.165, 1.54) is 43.2 Å². The molecule has 0 radical (unpaired) electrons. The quantitative estimate of drug-likeness (QED) is 0.388. The Morgan fingerprint density at radius 1 is 1.00 bits per heavy atom. The summed E-state index contributed by atoms with van der Waals surface area (Å²) < 4.78 is 33.5. The fraction of sp³-hybridized carbons (Fsp3) is 0.321. The van der Waals surface area contributed by atoms with E-state index in [0.29, 0.717) is 22.9 Å². The van der Waals surface area contributed by atoms with Gasteiger partial charge < -0.3 is 10.1 Å². The minimum Gasteiger partial charge on any atom is -0.497 e. The van der Waals surface area contributed by atoms with Crippen LogP contribution in [-0.4, -0.2) is 28.0 Å². The molecule has 0 unspecified atom stereocenters. The van der Waals surface area contributed by atoms with Crippen molar-refractivity contribution in [2.45, 2.75) is 50.0 Å². The highest BCUT2D eigenvalue weighted by molar-refractivity contribution is 7.92. The number of carbonyl (C=O) groups excluding carboxylic acids is 1. The van der Waals surface area contributed by atoms with E-state index in [4.69, 9.17) is 16.3 Å². The van der Waals surface area contributed by atoms with Crippen molar-refractivity contribution >= 4 is 33.2 Å². The van der Waals surface area contributed by atoms with Gasteiger partial charge in [-0.15, -0.1) is 0 Å². The lowest BCUT2D eigenvalue weighted by molar-refractivity contribution is -0.120. The Morgan fingerprint density at radius 2 is 1.67 bits per heavy atom. The minimum atomic E-state index is -4.03. The third-order valence-electron chi connectivity index (χ3n) is 6.57. The lowest BCUT2D eigenvalue weighted by Crippen LogP contribution is -2.42. The van der Waals surface area contributed by atoms with E-state index in [2.05, 4.69) is 23.5 Å². The van der Waals surface area contributed by atoms with Gasteiger partial charge in [-0.1, -0.05) is 36.7 Å². The number of benzene rings is 3. The van der Waals surface area contributed by atoms with Crippen LogP contribution in [-0.2, 0) is 27.7 Å². The molecular weight excluding hydrogens is 496 g/mol. The van der Waals surface area contributed by atoms with Crippen LogP contribution in [0.2, 0.25) is 5.02 Å². The lowest BCUT2D eigenvalue weighted by atomic mass is 9.89. The van der Waals surface area contributed by atoms with Crippen LogP contribution in [0.3, 0.4) is 0 Å². The smallest absolute Gasteiger partial charge is 0.264 e. The zero-order valence-electron chi connectivity index (χ0n) is 20.5. The number of nitrogens with zero attached hydrogens (tertiary/aromatic N) is 1. The topological polar surface area (TPSA) is 75.7 Å². The fourth-order valence-corrected chi connectivity index (χ4v) is 6.11. The SMILES string of the molecule is CC[C@@H](NC(=O)CN(c1ccc(Cl)cc1)S(=O)(=O)c1ccc(OC)cc1)c1ccc2c(c1)CCCC2. The number of fused-ring (bicyclic) bond motifs is 1. The van der Waals surface area contributed by atoms with Crippen molar-refractivity contribution in [2.75, 3.05) is 18.0 Å². The van der Waals surface area contributed by atoms with Crippen molar-refractivity contribution in [1.29, 1.82) is 0 Å². The second-order valence-electron chi connectivity index (χ2n) is 8.93. The van der Waals surface area contributed by atoms with Crippen molar-refractivity contribution in [2.24, 2.45) is 0 Å². The molecule has 6 nitrogen and oxygen atoms in total. The van der Waals surface area contributed by atoms with E-state index in [-0.39, 0.29) is 23.4 Å². The molecule has 1 N–H and O–H groups in total. The number of aryl methyl sites for hydroxylation is 2. The Morgan fingerprint density at radius 3 is 2.31 bits per heavy atom. The number of amides is 1. The molecule has 0 aromatic heterocycles. The van der Waals surface area contributed by atoms with Gasteiger partial charge >= 0.3 is 0 Å². The van der Waals surface area contributed by atoms with Crippen LogP contribution in [0.1, 0.15) is 48.9 Å². The second-order valence-corrected chi connectivity index (χ2v) is 11.2. The second kappa shape index (κ2) is 11.4. The van der Waals surface area contributed by atoms with Crippen molar-refractivity contribution in [1.82, 2.24) is 5.32 Å². The first-order valence-corrected chi connectivity index (χ1v) is 14.0. The maximum atomic E-state index is 13.6. The van der Waals surface area contributed by atoms with Gasteiger partial charge in [-0.25, -0.2) is 8.42 Å². The van der Waals surface area contributed by atoms with Gasteiger partial charge in [0.15, 0.2) is 0 Å². The molecule has 8 heteroatoms. The molecule has 36 heavy (non-hydrogen) atoms. The van der Waals surface area contributed by atoms with Crippen LogP contribution in [0.15, 0.2) is 71.6 Å². The van der Waals surface area contributed by atoms with Crippen molar-refractivity contribution in [3.8, 4) is 5.75 Å². The number of hydrogen-bond donors (Lipinski definition) is 1. The van der Waals surface area contributed by atoms with Gasteiger partial charge in [-0.3, -0.25) is 9.10 Å². The van der Waals surface area contributed by atoms with E-state index in [9.17, 15) is 13.2 Å². The van der Waals surface area contributed by atoms with Crippen LogP contribution in [0, 0.1) is 0 Å². The van der Waals surface area contributed by atoms with Crippen LogP contribution in [0.5, 0.6) is 5.75 Å². The average molecular weight is 527 g/mol. The third-order valence-corrected chi connectivity index (χ3v) is 8.61. The van der Waals surface area contributed by atoms with Gasteiger partial charge in [0.05, 0.1) is 23.7 Å². The number of halogens is 1. The van der Waals surface area contributed by atoms with E-state index in [1.807, 2.05) is 6.92 Å². The maximum absolute atomic E-state index is 13.6. The predicted molar refractivity (Wildman–Crippen MR) is 143 cm³/mol. The monoisotopic (exact) mass is 526 g/mol. The summed E-state index contributed by atoms with van der Waals surface area (Å²) in [6, 6.07) is 18.7. The molecule has 1 atom stereocenters. The van der Waals surface area contributed by atoms with E-state index in [1.54, 1.807) is 36.4 Å². The Kier molecular flexibility index (Phi) is 8.21. The van der Waals surface area contributed by atoms with Crippen LogP contribution in [0.25, 0.3) is 0 Å². The number of rotatable bonds is 9. The third kappa shape index (κ3) is 5.85. The predicted octanol–water partition coefficient (Wildman–Crippen LogP) is 5.69. The summed E-state index contributed by atoms with van der Waals surface area (Å²) in [7, 11) is -2.52. The molecule has 1 aliphatic carbocycles. The van der Waals surface area contributed by atoms with Crippen molar-refractivity contribution < 1.29 is 17.9 Å². The first-order chi connectivity index (χ1) is 17.3.